The molecule has 27 heavy (non-hydrogen) atoms. The fraction of sp³-hybridized carbons (Fsp3) is 0.500. The molecular formula is C20H30IN5O. The van der Waals surface area contributed by atoms with Gasteiger partial charge in [-0.2, -0.15) is 0 Å². The molecule has 2 heterocycles. The smallest absolute Gasteiger partial charge is 0.214 e. The van der Waals surface area contributed by atoms with E-state index in [1.54, 1.807) is 7.05 Å². The maximum Gasteiger partial charge on any atom is 0.214 e. The van der Waals surface area contributed by atoms with E-state index in [1.165, 1.54) is 37.1 Å². The van der Waals surface area contributed by atoms with Crippen LogP contribution in [-0.2, 0) is 19.6 Å². The second-order valence-corrected chi connectivity index (χ2v) is 6.83. The normalized spacial score (nSPS) is 14.9. The number of hydrogen-bond donors (Lipinski definition) is 2. The van der Waals surface area contributed by atoms with Crippen molar-refractivity contribution in [2.75, 3.05) is 20.1 Å². The zero-order valence-corrected chi connectivity index (χ0v) is 18.7. The molecule has 0 radical (unpaired) electrons. The summed E-state index contributed by atoms with van der Waals surface area (Å²) in [5.74, 6) is 2.27. The van der Waals surface area contributed by atoms with E-state index in [4.69, 9.17) is 4.42 Å². The van der Waals surface area contributed by atoms with Crippen LogP contribution in [0.1, 0.15) is 41.3 Å². The Labute approximate surface area is 178 Å². The Morgan fingerprint density at radius 1 is 1.07 bits per heavy atom. The van der Waals surface area contributed by atoms with Crippen molar-refractivity contribution < 1.29 is 4.42 Å². The summed E-state index contributed by atoms with van der Waals surface area (Å²) < 4.78 is 5.58. The van der Waals surface area contributed by atoms with Gasteiger partial charge in [0.25, 0.3) is 0 Å². The first-order valence-electron chi connectivity index (χ1n) is 9.31. The summed E-state index contributed by atoms with van der Waals surface area (Å²) in [5, 5.41) is 6.56. The second kappa shape index (κ2) is 10.7. The van der Waals surface area contributed by atoms with E-state index in [0.717, 1.165) is 30.5 Å². The number of guanidine groups is 1. The fourth-order valence-corrected chi connectivity index (χ4v) is 3.14. The van der Waals surface area contributed by atoms with Crippen LogP contribution in [-0.4, -0.2) is 36.0 Å². The van der Waals surface area contributed by atoms with Crippen LogP contribution in [0.4, 0.5) is 0 Å². The van der Waals surface area contributed by atoms with Crippen molar-refractivity contribution in [2.24, 2.45) is 4.99 Å². The highest BCUT2D eigenvalue weighted by atomic mass is 127. The van der Waals surface area contributed by atoms with Gasteiger partial charge in [0.15, 0.2) is 5.96 Å². The molecule has 6 nitrogen and oxygen atoms in total. The lowest BCUT2D eigenvalue weighted by molar-refractivity contribution is 0.331. The van der Waals surface area contributed by atoms with Crippen molar-refractivity contribution in [3.63, 3.8) is 0 Å². The average molecular weight is 483 g/mol. The predicted octanol–water partition coefficient (Wildman–Crippen LogP) is 3.37. The third-order valence-electron chi connectivity index (χ3n) is 4.79. The molecule has 0 atom stereocenters. The maximum atomic E-state index is 5.58. The fourth-order valence-electron chi connectivity index (χ4n) is 3.14. The number of aromatic nitrogens is 1. The topological polar surface area (TPSA) is 65.7 Å². The molecule has 3 rings (SSSR count). The van der Waals surface area contributed by atoms with Crippen LogP contribution in [0.25, 0.3) is 0 Å². The Morgan fingerprint density at radius 2 is 1.70 bits per heavy atom. The van der Waals surface area contributed by atoms with Gasteiger partial charge in [-0.05, 0) is 50.9 Å². The number of rotatable bonds is 6. The maximum absolute atomic E-state index is 5.58. The van der Waals surface area contributed by atoms with Crippen LogP contribution in [0.3, 0.4) is 0 Å². The molecule has 0 spiro atoms. The molecule has 1 aromatic heterocycles. The van der Waals surface area contributed by atoms with Gasteiger partial charge >= 0.3 is 0 Å². The summed E-state index contributed by atoms with van der Waals surface area (Å²) in [6.45, 7) is 8.64. The van der Waals surface area contributed by atoms with Crippen molar-refractivity contribution in [1.29, 1.82) is 0 Å². The van der Waals surface area contributed by atoms with E-state index in [0.29, 0.717) is 12.4 Å². The van der Waals surface area contributed by atoms with Gasteiger partial charge in [0.05, 0.1) is 12.2 Å². The number of halogens is 1. The largest absolute Gasteiger partial charge is 0.444 e. The summed E-state index contributed by atoms with van der Waals surface area (Å²) in [6.07, 6.45) is 2.67. The summed E-state index contributed by atoms with van der Waals surface area (Å²) >= 11 is 0. The number of aliphatic imine (C=N–C) groups is 1. The zero-order chi connectivity index (χ0) is 18.4. The number of nitrogens with zero attached hydrogens (tertiary/aromatic N) is 3. The summed E-state index contributed by atoms with van der Waals surface area (Å²) in [7, 11) is 1.76. The van der Waals surface area contributed by atoms with Gasteiger partial charge < -0.3 is 15.1 Å². The molecule has 1 saturated heterocycles. The number of hydrogen-bond acceptors (Lipinski definition) is 4. The van der Waals surface area contributed by atoms with Gasteiger partial charge in [-0.3, -0.25) is 9.89 Å². The monoisotopic (exact) mass is 483 g/mol. The zero-order valence-electron chi connectivity index (χ0n) is 16.4. The Morgan fingerprint density at radius 3 is 2.30 bits per heavy atom. The highest BCUT2D eigenvalue weighted by Crippen LogP contribution is 2.13. The van der Waals surface area contributed by atoms with Crippen molar-refractivity contribution in [3.05, 3.63) is 52.7 Å². The molecule has 7 heteroatoms. The van der Waals surface area contributed by atoms with Crippen LogP contribution in [0.5, 0.6) is 0 Å². The van der Waals surface area contributed by atoms with Gasteiger partial charge in [-0.1, -0.05) is 24.3 Å². The van der Waals surface area contributed by atoms with Crippen LogP contribution in [0.15, 0.2) is 33.7 Å². The molecule has 0 unspecified atom stereocenters. The van der Waals surface area contributed by atoms with E-state index < -0.39 is 0 Å². The molecule has 0 amide bonds. The minimum atomic E-state index is 0. The molecular weight excluding hydrogens is 453 g/mol. The summed E-state index contributed by atoms with van der Waals surface area (Å²) in [4.78, 5) is 11.1. The van der Waals surface area contributed by atoms with Gasteiger partial charge in [-0.15, -0.1) is 24.0 Å². The molecule has 1 aliphatic rings. The van der Waals surface area contributed by atoms with Crippen molar-refractivity contribution in [2.45, 2.75) is 46.3 Å². The number of benzene rings is 1. The third-order valence-corrected chi connectivity index (χ3v) is 4.79. The quantitative estimate of drug-likeness (QED) is 0.375. The third kappa shape index (κ3) is 6.49. The Hall–Kier alpha value is -1.61. The lowest BCUT2D eigenvalue weighted by Gasteiger charge is -2.15. The number of oxazole rings is 1. The van der Waals surface area contributed by atoms with Crippen LogP contribution < -0.4 is 10.6 Å². The molecule has 2 aromatic rings. The SMILES string of the molecule is CN=C(NCc1ccc(CN2CCCC2)cc1)NCc1nc(C)c(C)o1.I. The first-order valence-corrected chi connectivity index (χ1v) is 9.31. The van der Waals surface area contributed by atoms with Crippen molar-refractivity contribution in [1.82, 2.24) is 20.5 Å². The lowest BCUT2D eigenvalue weighted by atomic mass is 10.1. The highest BCUT2D eigenvalue weighted by Gasteiger charge is 2.11. The van der Waals surface area contributed by atoms with Crippen molar-refractivity contribution >= 4 is 29.9 Å². The van der Waals surface area contributed by atoms with Crippen LogP contribution >= 0.6 is 24.0 Å². The van der Waals surface area contributed by atoms with E-state index >= 15 is 0 Å². The average Bonchev–Trinajstić information content (AvgIpc) is 3.26. The molecule has 2 N–H and O–H groups in total. The number of aryl methyl sites for hydroxylation is 2. The Bertz CT molecular complexity index is 716. The predicted molar refractivity (Wildman–Crippen MR) is 119 cm³/mol. The Kier molecular flexibility index (Phi) is 8.56. The van der Waals surface area contributed by atoms with E-state index in [-0.39, 0.29) is 24.0 Å². The van der Waals surface area contributed by atoms with E-state index in [1.807, 2.05) is 13.8 Å². The first-order chi connectivity index (χ1) is 12.6. The van der Waals surface area contributed by atoms with Crippen LogP contribution in [0, 0.1) is 13.8 Å². The Balaban J connectivity index is 0.00000261. The minimum Gasteiger partial charge on any atom is -0.444 e. The number of likely N-dealkylation sites (tertiary alicyclic amines) is 1. The molecule has 0 bridgehead atoms. The van der Waals surface area contributed by atoms with Gasteiger partial charge in [0, 0.05) is 20.1 Å². The molecule has 0 saturated carbocycles. The highest BCUT2D eigenvalue weighted by molar-refractivity contribution is 14.0. The van der Waals surface area contributed by atoms with Crippen molar-refractivity contribution in [3.8, 4) is 0 Å². The second-order valence-electron chi connectivity index (χ2n) is 6.83. The van der Waals surface area contributed by atoms with Crippen LogP contribution in [0.2, 0.25) is 0 Å². The summed E-state index contributed by atoms with van der Waals surface area (Å²) in [5.41, 5.74) is 3.55. The molecule has 0 aliphatic carbocycles. The molecule has 148 valence electrons. The summed E-state index contributed by atoms with van der Waals surface area (Å²) in [6, 6.07) is 8.83. The van der Waals surface area contributed by atoms with Gasteiger partial charge in [0.1, 0.15) is 5.76 Å². The van der Waals surface area contributed by atoms with E-state index in [9.17, 15) is 0 Å². The molecule has 1 aromatic carbocycles. The number of nitrogens with one attached hydrogen (secondary N) is 2. The standard InChI is InChI=1S/C20H29N5O.HI/c1-15-16(2)26-19(24-15)13-23-20(21-3)22-12-17-6-8-18(9-7-17)14-25-10-4-5-11-25;/h6-9H,4-5,10-14H2,1-3H3,(H2,21,22,23);1H. The minimum absolute atomic E-state index is 0. The first kappa shape index (κ1) is 21.7. The lowest BCUT2D eigenvalue weighted by Crippen LogP contribution is -2.36. The van der Waals surface area contributed by atoms with Gasteiger partial charge in [0.2, 0.25) is 5.89 Å². The van der Waals surface area contributed by atoms with Gasteiger partial charge in [-0.25, -0.2) is 4.98 Å². The van der Waals surface area contributed by atoms with E-state index in [2.05, 4.69) is 49.8 Å². The molecule has 1 aliphatic heterocycles. The molecule has 1 fully saturated rings.